The minimum absolute atomic E-state index is 0. The molecule has 760 valence electrons. The molecule has 21 aromatic rings. The fourth-order valence-electron chi connectivity index (χ4n) is 17.0. The Morgan fingerprint density at radius 2 is 0.540 bits per heavy atom. The number of hydrogen-bond donors (Lipinski definition) is 0. The van der Waals surface area contributed by atoms with Gasteiger partial charge in [-0.2, -0.15) is 0 Å². The van der Waals surface area contributed by atoms with Crippen LogP contribution in [0.2, 0.25) is 13.3 Å². The Morgan fingerprint density at radius 3 is 0.793 bits per heavy atom. The molecular formula is C125H113BrN2O8P4PdS8Sn. The van der Waals surface area contributed by atoms with Crippen molar-refractivity contribution >= 4 is 296 Å². The van der Waals surface area contributed by atoms with E-state index in [-0.39, 0.29) is 46.1 Å². The van der Waals surface area contributed by atoms with Crippen molar-refractivity contribution in [3.63, 3.8) is 0 Å². The summed E-state index contributed by atoms with van der Waals surface area (Å²) >= 11 is 14.9. The summed E-state index contributed by atoms with van der Waals surface area (Å²) in [4.78, 5) is 81.7. The Bertz CT molecular complexity index is 6840. The van der Waals surface area contributed by atoms with E-state index < -0.39 is 85.6 Å². The van der Waals surface area contributed by atoms with E-state index in [0.717, 1.165) is 13.5 Å². The van der Waals surface area contributed by atoms with Crippen LogP contribution in [-0.4, -0.2) is 64.1 Å². The normalized spacial score (nSPS) is 12.0. The average Bonchev–Trinajstić information content (AvgIpc) is 1.59. The van der Waals surface area contributed by atoms with Crippen molar-refractivity contribution in [1.29, 1.82) is 0 Å². The van der Waals surface area contributed by atoms with Crippen LogP contribution in [0.25, 0.3) is 47.4 Å². The number of amides is 4. The molecule has 10 nitrogen and oxygen atoms in total. The quantitative estimate of drug-likeness (QED) is 0.0283. The SMILES string of the molecule is CCC[CH2][Sn]([CH2]CCC)([CH2]CCC)[c]1cc2sc3ccsc3c2s1.Cc1ccccc1.O=C(ON1C(=O)CCC1=O)c1ccc(-c2cc3sc4ccsc4c3s2)s1.O=C(ON1C(=O)CCC1=O)c1ccc(Br)s1.[Pd].c1ccc(P(c2ccccc2)c2ccccc2)cc1.c1ccc(P(c2ccccc2)c2ccccc2)cc1.c1ccc(P(c2ccccc2)c2ccccc2)cc1.c1ccc(P(c2ccccc2)c2ccccc2)cc1. The minimum atomic E-state index is -2.22. The first-order valence-corrected chi connectivity index (χ1v) is 70.0. The number of unbranched alkanes of at least 4 members (excludes halogenated alkanes) is 3. The zero-order valence-electron chi connectivity index (χ0n) is 83.4. The number of aryl methyl sites for hydroxylation is 1. The Kier molecular flexibility index (Phi) is 44.6. The van der Waals surface area contributed by atoms with E-state index in [1.807, 2.05) is 49.8 Å². The van der Waals surface area contributed by atoms with Gasteiger partial charge in [-0.05, 0) is 160 Å². The van der Waals surface area contributed by atoms with Crippen molar-refractivity contribution in [2.45, 2.75) is 105 Å². The molecule has 2 aliphatic heterocycles. The number of rotatable bonds is 27. The summed E-state index contributed by atoms with van der Waals surface area (Å²) in [5.74, 6) is -3.27. The van der Waals surface area contributed by atoms with Crippen LogP contribution < -0.4 is 66.5 Å². The van der Waals surface area contributed by atoms with Crippen molar-refractivity contribution in [2.24, 2.45) is 0 Å². The molecule has 25 heteroatoms. The van der Waals surface area contributed by atoms with Crippen molar-refractivity contribution < 1.29 is 58.9 Å². The molecule has 0 aliphatic carbocycles. The second-order valence-electron chi connectivity index (χ2n) is 34.8. The maximum atomic E-state index is 12.2. The van der Waals surface area contributed by atoms with Gasteiger partial charge in [0, 0.05) is 65.3 Å². The molecule has 2 saturated heterocycles. The average molecular weight is 2460 g/mol. The van der Waals surface area contributed by atoms with Gasteiger partial charge in [-0.3, -0.25) is 19.2 Å². The Balaban J connectivity index is 0.000000130. The third kappa shape index (κ3) is 31.2. The van der Waals surface area contributed by atoms with Gasteiger partial charge < -0.3 is 9.68 Å². The molecular weight excluding hydrogens is 2340 g/mol. The number of carbonyl (C=O) groups is 6. The fraction of sp³-hybridized carbons (Fsp3) is 0.136. The Hall–Kier alpha value is -10.6. The molecule has 2 aliphatic rings. The largest absolute Gasteiger partial charge is 0.373 e. The number of imide groups is 2. The molecule has 0 spiro atoms. The van der Waals surface area contributed by atoms with Crippen LogP contribution in [0.1, 0.15) is 110 Å². The van der Waals surface area contributed by atoms with E-state index in [9.17, 15) is 28.8 Å². The van der Waals surface area contributed by atoms with Crippen LogP contribution in [-0.2, 0) is 49.3 Å². The van der Waals surface area contributed by atoms with E-state index in [1.54, 1.807) is 79.6 Å². The monoisotopic (exact) mass is 2450 g/mol. The summed E-state index contributed by atoms with van der Waals surface area (Å²) in [6.07, 6.45) is 8.86. The molecule has 0 atom stereocenters. The molecule has 13 aromatic carbocycles. The summed E-state index contributed by atoms with van der Waals surface area (Å²) in [5.41, 5.74) is 1.32. The number of halogens is 1. The van der Waals surface area contributed by atoms with Gasteiger partial charge >= 0.3 is 176 Å². The molecule has 0 unspecified atom stereocenters. The third-order valence-corrected chi connectivity index (χ3v) is 62.4. The second kappa shape index (κ2) is 59.0. The van der Waals surface area contributed by atoms with E-state index >= 15 is 0 Å². The van der Waals surface area contributed by atoms with Crippen LogP contribution >= 0.6 is 138 Å². The van der Waals surface area contributed by atoms with Gasteiger partial charge in [0.2, 0.25) is 0 Å². The van der Waals surface area contributed by atoms with Crippen molar-refractivity contribution in [3.05, 3.63) is 473 Å². The van der Waals surface area contributed by atoms with E-state index in [1.165, 1.54) is 154 Å². The number of carbonyl (C=O) groups excluding carboxylic acids is 6. The first-order chi connectivity index (χ1) is 73.1. The fourth-order valence-corrected chi connectivity index (χ4v) is 55.4. The van der Waals surface area contributed by atoms with Crippen LogP contribution in [0.5, 0.6) is 0 Å². The van der Waals surface area contributed by atoms with Gasteiger partial charge in [-0.25, -0.2) is 9.59 Å². The number of thiophene rings is 8. The topological polar surface area (TPSA) is 127 Å². The van der Waals surface area contributed by atoms with Gasteiger partial charge in [-0.1, -0.05) is 400 Å². The van der Waals surface area contributed by atoms with Crippen molar-refractivity contribution in [1.82, 2.24) is 10.1 Å². The van der Waals surface area contributed by atoms with Gasteiger partial charge in [0.25, 0.3) is 23.6 Å². The Morgan fingerprint density at radius 1 is 0.287 bits per heavy atom. The summed E-state index contributed by atoms with van der Waals surface area (Å²) in [5, 5.41) is 22.3. The number of benzene rings is 13. The second-order valence-corrected chi connectivity index (χ2v) is 67.5. The Labute approximate surface area is 943 Å². The molecule has 4 amide bonds. The van der Waals surface area contributed by atoms with Crippen molar-refractivity contribution in [2.75, 3.05) is 0 Å². The molecule has 150 heavy (non-hydrogen) atoms. The van der Waals surface area contributed by atoms with Gasteiger partial charge in [0.15, 0.2) is 0 Å². The molecule has 0 bridgehead atoms. The molecule has 0 saturated carbocycles. The van der Waals surface area contributed by atoms with E-state index in [2.05, 4.69) is 466 Å². The zero-order chi connectivity index (χ0) is 103. The van der Waals surface area contributed by atoms with Crippen LogP contribution in [0, 0.1) is 6.92 Å². The first-order valence-electron chi connectivity index (χ1n) is 49.7. The number of nitrogens with zero attached hydrogens (tertiary/aromatic N) is 2. The van der Waals surface area contributed by atoms with Gasteiger partial charge in [-0.15, -0.1) is 66.8 Å². The van der Waals surface area contributed by atoms with Gasteiger partial charge in [0.1, 0.15) is 9.75 Å². The summed E-state index contributed by atoms with van der Waals surface area (Å²) < 4.78 is 18.9. The maximum Gasteiger partial charge on any atom is 0.373 e. The predicted molar refractivity (Wildman–Crippen MR) is 655 cm³/mol. The number of hydroxylamine groups is 4. The molecule has 23 rings (SSSR count). The minimum Gasteiger partial charge on any atom is -0.324 e. The first kappa shape index (κ1) is 113. The summed E-state index contributed by atoms with van der Waals surface area (Å²) in [7, 11) is -1.78. The van der Waals surface area contributed by atoms with E-state index in [0.29, 0.717) is 19.9 Å². The number of hydrogen-bond acceptors (Lipinski definition) is 16. The number of fused-ring (bicyclic) bond motifs is 6. The standard InChI is InChI=1S/4C18H15P.C17H9NO4S4.C9H6BrNO4S.C8H3S3.C7H8.3C4H9.Pd.Sn/c4*1-4-10-16(11-5-1)19(17-12-6-2-7-13-17)18-14-8-3-9-15-18;19-13-3-4-14(20)18(13)22-17(21)10-2-1-8(24-10)11-7-12-16(26-11)15-9(25-12)5-6-23-15;10-6-2-1-5(16-6)9(14)15-11-7(12)3-4-8(11)13;1-3-9-7-5(1)11-6-2-4-10-8(6)7;1-7-5-3-2-4-6-7;3*1-3-4-2;;/h4*1-15H;1-2,5-7H,3-4H2;1-2H,3-4H2;1-3H;2-6H,1H3;3*1,3-4H2,2H3;;. The van der Waals surface area contributed by atoms with Crippen LogP contribution in [0.4, 0.5) is 0 Å². The van der Waals surface area contributed by atoms with Crippen LogP contribution in [0.15, 0.2) is 457 Å². The van der Waals surface area contributed by atoms with Gasteiger partial charge in [0.05, 0.1) is 13.2 Å². The molecule has 8 aromatic heterocycles. The van der Waals surface area contributed by atoms with Crippen LogP contribution in [0.3, 0.4) is 0 Å². The third-order valence-electron chi connectivity index (χ3n) is 24.4. The molecule has 0 N–H and O–H groups in total. The molecule has 10 heterocycles. The summed E-state index contributed by atoms with van der Waals surface area (Å²) in [6, 6.07) is 156. The van der Waals surface area contributed by atoms with Crippen molar-refractivity contribution in [3.8, 4) is 9.75 Å². The molecule has 2 fully saturated rings. The maximum absolute atomic E-state index is 12.2. The molecule has 0 radical (unpaired) electrons. The zero-order valence-corrected chi connectivity index (χ0v) is 99.5. The predicted octanol–water partition coefficient (Wildman–Crippen LogP) is 30.9. The summed E-state index contributed by atoms with van der Waals surface area (Å²) in [6.45, 7) is 9.20. The van der Waals surface area contributed by atoms with E-state index in [4.69, 9.17) is 9.68 Å². The smallest absolute Gasteiger partial charge is 0.324 e.